The largest absolute Gasteiger partial charge is 0.542 e. The van der Waals surface area contributed by atoms with Crippen molar-refractivity contribution < 1.29 is 22.1 Å². The van der Waals surface area contributed by atoms with Crippen molar-refractivity contribution >= 4 is 38.5 Å². The predicted octanol–water partition coefficient (Wildman–Crippen LogP) is 14.1. The van der Waals surface area contributed by atoms with Crippen LogP contribution in [0.5, 0.6) is 17.2 Å². The number of aryl methyl sites for hydroxylation is 1. The van der Waals surface area contributed by atoms with Crippen LogP contribution in [0.25, 0.3) is 33.1 Å². The van der Waals surface area contributed by atoms with Crippen molar-refractivity contribution in [3.05, 3.63) is 89.5 Å². The number of methoxy groups -OCH3 is 1. The third kappa shape index (κ3) is 7.18. The Kier molecular flexibility index (Phi) is 10.7. The van der Waals surface area contributed by atoms with E-state index in [9.17, 15) is 0 Å². The van der Waals surface area contributed by atoms with Crippen LogP contribution < -0.4 is 13.7 Å². The van der Waals surface area contributed by atoms with E-state index < -0.39 is 16.6 Å². The van der Waals surface area contributed by atoms with E-state index in [-0.39, 0.29) is 5.41 Å². The van der Waals surface area contributed by atoms with E-state index in [1.165, 1.54) is 11.1 Å². The Hall–Kier alpha value is -3.60. The fourth-order valence-electron chi connectivity index (χ4n) is 7.56. The van der Waals surface area contributed by atoms with E-state index in [4.69, 9.17) is 22.1 Å². The molecule has 7 heteroatoms. The highest BCUT2D eigenvalue weighted by atomic mass is 31.1. The summed E-state index contributed by atoms with van der Waals surface area (Å²) in [5, 5.41) is 1.96. The number of ether oxygens (including phenoxy) is 1. The molecular formula is C42H55O5PSi. The molecule has 0 fully saturated rings. The summed E-state index contributed by atoms with van der Waals surface area (Å²) >= 11 is 0. The second kappa shape index (κ2) is 14.3. The minimum atomic E-state index is -2.34. The molecule has 0 spiro atoms. The maximum absolute atomic E-state index is 7.53. The topological polar surface area (TPSA) is 54.0 Å². The second-order valence-corrected chi connectivity index (χ2v) is 21.9. The van der Waals surface area contributed by atoms with Crippen molar-refractivity contribution in [3.63, 3.8) is 0 Å². The molecular weight excluding hydrogens is 644 g/mol. The molecule has 1 aromatic heterocycles. The Morgan fingerprint density at radius 1 is 0.694 bits per heavy atom. The molecule has 0 atom stereocenters. The fraction of sp³-hybridized carbons (Fsp3) is 0.429. The molecule has 49 heavy (non-hydrogen) atoms. The van der Waals surface area contributed by atoms with Gasteiger partial charge < -0.3 is 22.1 Å². The van der Waals surface area contributed by atoms with Crippen LogP contribution in [0.2, 0.25) is 16.6 Å². The number of benzene rings is 4. The standard InChI is InChI=1S/C42H55O5PSi/c1-26(2)34-25-35(40(22-30(34)9)47-49(27(3)4,28(5)6)29(7)8)36-23-31(43-13)24-37(42(10,11)12)41(36)46-48-44-38-20-16-14-18-32(38)33-19-15-17-21-39(33)45-48/h14-29H,1-13H3. The Balaban J connectivity index is 1.88. The first-order valence-electron chi connectivity index (χ1n) is 17.7. The van der Waals surface area contributed by atoms with Crippen LogP contribution in [-0.2, 0) is 5.41 Å². The Bertz CT molecular complexity index is 1900. The van der Waals surface area contributed by atoms with Gasteiger partial charge in [0.25, 0.3) is 8.32 Å². The van der Waals surface area contributed by atoms with Gasteiger partial charge in [-0.2, -0.15) is 0 Å². The Labute approximate surface area is 295 Å². The van der Waals surface area contributed by atoms with Crippen molar-refractivity contribution in [2.24, 2.45) is 0 Å². The van der Waals surface area contributed by atoms with E-state index in [0.29, 0.717) is 28.3 Å². The average Bonchev–Trinajstić information content (AvgIpc) is 3.19. The number of rotatable bonds is 10. The van der Waals surface area contributed by atoms with Crippen molar-refractivity contribution in [1.82, 2.24) is 0 Å². The molecule has 0 saturated heterocycles. The van der Waals surface area contributed by atoms with Gasteiger partial charge in [-0.1, -0.05) is 113 Å². The van der Waals surface area contributed by atoms with Gasteiger partial charge in [0.05, 0.1) is 7.11 Å². The molecule has 0 saturated carbocycles. The van der Waals surface area contributed by atoms with Crippen LogP contribution in [0.4, 0.5) is 0 Å². The maximum Gasteiger partial charge on any atom is 0.453 e. The van der Waals surface area contributed by atoms with Gasteiger partial charge in [-0.05, 0) is 82.4 Å². The molecule has 4 aromatic carbocycles. The Morgan fingerprint density at radius 3 is 1.69 bits per heavy atom. The zero-order valence-electron chi connectivity index (χ0n) is 31.7. The zero-order chi connectivity index (χ0) is 35.8. The molecule has 5 rings (SSSR count). The average molecular weight is 699 g/mol. The van der Waals surface area contributed by atoms with Gasteiger partial charge in [0.1, 0.15) is 28.4 Å². The van der Waals surface area contributed by atoms with Crippen molar-refractivity contribution in [3.8, 4) is 28.4 Å². The van der Waals surface area contributed by atoms with E-state index in [0.717, 1.165) is 50.1 Å². The minimum Gasteiger partial charge on any atom is -0.542 e. The summed E-state index contributed by atoms with van der Waals surface area (Å²) in [6, 6.07) is 24.8. The first kappa shape index (κ1) is 36.7. The molecule has 0 amide bonds. The van der Waals surface area contributed by atoms with E-state index in [1.807, 2.05) is 36.4 Å². The third-order valence-corrected chi connectivity index (χ3v) is 17.0. The van der Waals surface area contributed by atoms with E-state index in [2.05, 4.69) is 119 Å². The molecule has 0 radical (unpaired) electrons. The zero-order valence-corrected chi connectivity index (χ0v) is 33.6. The molecule has 1 heterocycles. The summed E-state index contributed by atoms with van der Waals surface area (Å²) in [4.78, 5) is 0. The van der Waals surface area contributed by atoms with Crippen LogP contribution in [0.3, 0.4) is 0 Å². The van der Waals surface area contributed by atoms with Gasteiger partial charge in [0.15, 0.2) is 0 Å². The number of fused-ring (bicyclic) bond motifs is 3. The lowest BCUT2D eigenvalue weighted by Gasteiger charge is -2.43. The van der Waals surface area contributed by atoms with Gasteiger partial charge in [-0.15, -0.1) is 0 Å². The van der Waals surface area contributed by atoms with E-state index >= 15 is 0 Å². The first-order chi connectivity index (χ1) is 23.1. The van der Waals surface area contributed by atoms with Crippen LogP contribution in [0, 0.1) is 6.92 Å². The lowest BCUT2D eigenvalue weighted by Crippen LogP contribution is -2.50. The van der Waals surface area contributed by atoms with Crippen molar-refractivity contribution in [2.75, 3.05) is 7.11 Å². The first-order valence-corrected chi connectivity index (χ1v) is 20.9. The van der Waals surface area contributed by atoms with Gasteiger partial charge >= 0.3 is 8.24 Å². The van der Waals surface area contributed by atoms with Gasteiger partial charge in [0.2, 0.25) is 0 Å². The number of hydrogen-bond donors (Lipinski definition) is 0. The van der Waals surface area contributed by atoms with Crippen LogP contribution in [0.15, 0.2) is 81.2 Å². The predicted molar refractivity (Wildman–Crippen MR) is 210 cm³/mol. The van der Waals surface area contributed by atoms with Crippen LogP contribution in [0.1, 0.15) is 98.8 Å². The number of hydrogen-bond acceptors (Lipinski definition) is 5. The molecule has 5 aromatic rings. The maximum atomic E-state index is 7.53. The third-order valence-electron chi connectivity index (χ3n) is 9.96. The number of para-hydroxylation sites is 2. The highest BCUT2D eigenvalue weighted by Gasteiger charge is 2.47. The molecule has 5 nitrogen and oxygen atoms in total. The van der Waals surface area contributed by atoms with Gasteiger partial charge in [0, 0.05) is 27.5 Å². The van der Waals surface area contributed by atoms with Gasteiger partial charge in [-0.3, -0.25) is 0 Å². The van der Waals surface area contributed by atoms with Crippen LogP contribution >= 0.6 is 8.24 Å². The molecule has 0 aliphatic heterocycles. The summed E-state index contributed by atoms with van der Waals surface area (Å²) in [5.74, 6) is 2.69. The molecule has 0 aliphatic carbocycles. The second-order valence-electron chi connectivity index (χ2n) is 15.6. The summed E-state index contributed by atoms with van der Waals surface area (Å²) in [7, 11) is -2.51. The van der Waals surface area contributed by atoms with Gasteiger partial charge in [-0.25, -0.2) is 0 Å². The fourth-order valence-corrected chi connectivity index (χ4v) is 13.9. The summed E-state index contributed by atoms with van der Waals surface area (Å²) < 4.78 is 33.8. The van der Waals surface area contributed by atoms with Crippen molar-refractivity contribution in [2.45, 2.75) is 111 Å². The van der Waals surface area contributed by atoms with Crippen LogP contribution in [-0.4, -0.2) is 15.4 Å². The molecule has 0 unspecified atom stereocenters. The summed E-state index contributed by atoms with van der Waals surface area (Å²) in [6.45, 7) is 27.3. The molecule has 0 aliphatic rings. The summed E-state index contributed by atoms with van der Waals surface area (Å²) in [5.41, 5.74) is 7.79. The minimum absolute atomic E-state index is 0.297. The van der Waals surface area contributed by atoms with Crippen molar-refractivity contribution in [1.29, 1.82) is 0 Å². The monoisotopic (exact) mass is 698 g/mol. The SMILES string of the molecule is COc1cc(-c2cc(C(C)C)c(C)cc2O[Si](C(C)C)(C(C)C)C(C)C)c(Op2oc3ccccc3c3ccccc3o2)c(C(C)(C)C)c1. The molecule has 0 N–H and O–H groups in total. The highest BCUT2D eigenvalue weighted by molar-refractivity contribution is 7.32. The lowest BCUT2D eigenvalue weighted by molar-refractivity contribution is 0.410. The van der Waals surface area contributed by atoms with E-state index in [1.54, 1.807) is 7.11 Å². The quantitative estimate of drug-likeness (QED) is 0.136. The normalized spacial score (nSPS) is 12.5. The highest BCUT2D eigenvalue weighted by Crippen LogP contribution is 2.52. The summed E-state index contributed by atoms with van der Waals surface area (Å²) in [6.07, 6.45) is 0. The lowest BCUT2D eigenvalue weighted by atomic mass is 9.83. The molecule has 0 bridgehead atoms. The molecule has 262 valence electrons. The smallest absolute Gasteiger partial charge is 0.453 e. The Morgan fingerprint density at radius 2 is 1.22 bits per heavy atom.